The first kappa shape index (κ1) is 26.4. The third-order valence-corrected chi connectivity index (χ3v) is 7.51. The van der Waals surface area contributed by atoms with Crippen LogP contribution in [0.5, 0.6) is 0 Å². The summed E-state index contributed by atoms with van der Waals surface area (Å²) in [5, 5.41) is 5.03. The van der Waals surface area contributed by atoms with E-state index in [-0.39, 0.29) is 24.8 Å². The fourth-order valence-corrected chi connectivity index (χ4v) is 5.40. The number of carbonyl (C=O) groups excluding carboxylic acids is 3. The van der Waals surface area contributed by atoms with Gasteiger partial charge in [-0.05, 0) is 98.0 Å². The molecule has 2 aromatic carbocycles. The van der Waals surface area contributed by atoms with Gasteiger partial charge >= 0.3 is 5.97 Å². The summed E-state index contributed by atoms with van der Waals surface area (Å²) in [6.45, 7) is 4.48. The van der Waals surface area contributed by atoms with Crippen molar-refractivity contribution in [3.63, 3.8) is 0 Å². The lowest BCUT2D eigenvalue weighted by Crippen LogP contribution is -2.39. The molecule has 2 amide bonds. The molecule has 1 atom stereocenters. The van der Waals surface area contributed by atoms with Crippen LogP contribution >= 0.6 is 23.6 Å². The molecule has 1 aliphatic rings. The lowest BCUT2D eigenvalue weighted by Gasteiger charge is -2.24. The van der Waals surface area contributed by atoms with E-state index in [0.29, 0.717) is 35.0 Å². The Kier molecular flexibility index (Phi) is 8.30. The summed E-state index contributed by atoms with van der Waals surface area (Å²) in [6, 6.07) is 13.1. The van der Waals surface area contributed by atoms with Gasteiger partial charge in [0, 0.05) is 17.1 Å². The summed E-state index contributed by atoms with van der Waals surface area (Å²) in [7, 11) is 0. The number of nitrogens with zero attached hydrogens (tertiary/aromatic N) is 2. The van der Waals surface area contributed by atoms with Gasteiger partial charge in [0.1, 0.15) is 11.9 Å². The minimum Gasteiger partial charge on any atom is -0.462 e. The Hall–Kier alpha value is -3.63. The molecule has 10 heteroatoms. The maximum atomic E-state index is 13.6. The number of nitrogens with one attached hydrogen (secondary N) is 1. The van der Waals surface area contributed by atoms with E-state index in [0.717, 1.165) is 0 Å². The molecule has 1 aromatic heterocycles. The van der Waals surface area contributed by atoms with Crippen LogP contribution in [0.3, 0.4) is 0 Å². The molecule has 0 bridgehead atoms. The summed E-state index contributed by atoms with van der Waals surface area (Å²) < 4.78 is 18.3. The number of ether oxygens (including phenoxy) is 1. The van der Waals surface area contributed by atoms with Crippen LogP contribution in [0.15, 0.2) is 60.0 Å². The minimum atomic E-state index is -0.807. The first-order chi connectivity index (χ1) is 17.8. The molecule has 7 nitrogen and oxygen atoms in total. The van der Waals surface area contributed by atoms with Gasteiger partial charge in [0.05, 0.1) is 24.3 Å². The molecule has 1 saturated heterocycles. The molecule has 3 aromatic rings. The molecular weight excluding hydrogens is 513 g/mol. The van der Waals surface area contributed by atoms with E-state index in [4.69, 9.17) is 17.0 Å². The van der Waals surface area contributed by atoms with E-state index in [9.17, 15) is 18.8 Å². The zero-order chi connectivity index (χ0) is 26.5. The van der Waals surface area contributed by atoms with Gasteiger partial charge in [0.2, 0.25) is 5.91 Å². The summed E-state index contributed by atoms with van der Waals surface area (Å²) >= 11 is 7.35. The van der Waals surface area contributed by atoms with E-state index in [1.807, 2.05) is 18.4 Å². The van der Waals surface area contributed by atoms with Gasteiger partial charge in [-0.25, -0.2) is 9.18 Å². The van der Waals surface area contributed by atoms with Crippen LogP contribution in [0, 0.1) is 12.7 Å². The normalized spacial score (nSPS) is 15.3. The highest BCUT2D eigenvalue weighted by Gasteiger charge is 2.44. The summed E-state index contributed by atoms with van der Waals surface area (Å²) in [5.74, 6) is -1.57. The number of amides is 2. The molecule has 4 rings (SSSR count). The van der Waals surface area contributed by atoms with Crippen molar-refractivity contribution in [1.29, 1.82) is 0 Å². The number of thiocarbonyl (C=S) groups is 1. The van der Waals surface area contributed by atoms with Gasteiger partial charge in [0.15, 0.2) is 5.11 Å². The number of rotatable bonds is 9. The molecule has 1 N–H and O–H groups in total. The van der Waals surface area contributed by atoms with Gasteiger partial charge < -0.3 is 15.0 Å². The Labute approximate surface area is 223 Å². The Morgan fingerprint density at radius 2 is 1.81 bits per heavy atom. The predicted octanol–water partition coefficient (Wildman–Crippen LogP) is 4.95. The zero-order valence-corrected chi connectivity index (χ0v) is 22.0. The third kappa shape index (κ3) is 6.03. The van der Waals surface area contributed by atoms with Gasteiger partial charge in [-0.1, -0.05) is 0 Å². The first-order valence-corrected chi connectivity index (χ1v) is 13.1. The molecule has 37 heavy (non-hydrogen) atoms. The molecule has 1 aliphatic heterocycles. The molecule has 0 radical (unpaired) electrons. The van der Waals surface area contributed by atoms with Crippen LogP contribution in [0.4, 0.5) is 15.8 Å². The number of thiophene rings is 1. The van der Waals surface area contributed by atoms with Gasteiger partial charge in [-0.3, -0.25) is 14.5 Å². The average Bonchev–Trinajstić information content (AvgIpc) is 3.39. The topological polar surface area (TPSA) is 78.9 Å². The second kappa shape index (κ2) is 11.6. The molecule has 0 spiro atoms. The van der Waals surface area contributed by atoms with Crippen molar-refractivity contribution in [1.82, 2.24) is 4.90 Å². The summed E-state index contributed by atoms with van der Waals surface area (Å²) in [5.41, 5.74) is 2.47. The van der Waals surface area contributed by atoms with Crippen LogP contribution < -0.4 is 10.2 Å². The second-order valence-corrected chi connectivity index (χ2v) is 9.83. The third-order valence-electron chi connectivity index (χ3n) is 6.01. The number of aryl methyl sites for hydroxylation is 1. The van der Waals surface area contributed by atoms with Gasteiger partial charge in [-0.15, -0.1) is 11.3 Å². The van der Waals surface area contributed by atoms with Crippen LogP contribution in [0.1, 0.15) is 34.1 Å². The Bertz CT molecular complexity index is 1310. The number of carbonyl (C=O) groups is 3. The fourth-order valence-electron chi connectivity index (χ4n) is 4.09. The van der Waals surface area contributed by atoms with Gasteiger partial charge in [-0.2, -0.15) is 0 Å². The Balaban J connectivity index is 1.56. The van der Waals surface area contributed by atoms with Gasteiger partial charge in [0.25, 0.3) is 5.91 Å². The molecule has 1 fully saturated rings. The molecule has 0 saturated carbocycles. The molecule has 2 heterocycles. The maximum Gasteiger partial charge on any atom is 0.338 e. The van der Waals surface area contributed by atoms with Crippen molar-refractivity contribution < 1.29 is 23.5 Å². The van der Waals surface area contributed by atoms with Crippen LogP contribution in [-0.4, -0.2) is 47.0 Å². The van der Waals surface area contributed by atoms with Crippen molar-refractivity contribution in [2.45, 2.75) is 32.7 Å². The highest BCUT2D eigenvalue weighted by Crippen LogP contribution is 2.29. The Morgan fingerprint density at radius 1 is 1.11 bits per heavy atom. The smallest absolute Gasteiger partial charge is 0.338 e. The Morgan fingerprint density at radius 3 is 2.43 bits per heavy atom. The highest BCUT2D eigenvalue weighted by atomic mass is 32.1. The standard InChI is InChI=1S/C27H26FN3O4S2/c1-3-35-26(34)18-4-10-21(11-5-18)31-25(33)22(16-24(32)29-20-8-6-19(28)7-9-20)30(27(31)36)14-12-23-17(2)13-15-37-23/h4-11,13,15,22H,3,12,14,16H2,1-2H3,(H,29,32)/t22-/m1/s1. The van der Waals surface area contributed by atoms with Crippen molar-refractivity contribution in [2.24, 2.45) is 0 Å². The van der Waals surface area contributed by atoms with Crippen LogP contribution in [0.2, 0.25) is 0 Å². The second-order valence-electron chi connectivity index (χ2n) is 8.47. The summed E-state index contributed by atoms with van der Waals surface area (Å²) in [6.07, 6.45) is 0.541. The van der Waals surface area contributed by atoms with E-state index in [2.05, 4.69) is 5.32 Å². The number of hydrogen-bond acceptors (Lipinski definition) is 6. The largest absolute Gasteiger partial charge is 0.462 e. The lowest BCUT2D eigenvalue weighted by atomic mass is 10.1. The SMILES string of the molecule is CCOC(=O)c1ccc(N2C(=O)[C@@H](CC(=O)Nc3ccc(F)cc3)N(CCc3sccc3C)C2=S)cc1. The average molecular weight is 540 g/mol. The van der Waals surface area contributed by atoms with E-state index >= 15 is 0 Å². The van der Waals surface area contributed by atoms with Crippen molar-refractivity contribution in [2.75, 3.05) is 23.4 Å². The minimum absolute atomic E-state index is 0.128. The first-order valence-electron chi connectivity index (χ1n) is 11.8. The number of hydrogen-bond donors (Lipinski definition) is 1. The number of benzene rings is 2. The van der Waals surface area contributed by atoms with E-state index in [1.54, 1.807) is 47.4 Å². The quantitative estimate of drug-likeness (QED) is 0.306. The molecule has 0 aliphatic carbocycles. The molecular formula is C27H26FN3O4S2. The predicted molar refractivity (Wildman–Crippen MR) is 145 cm³/mol. The molecule has 192 valence electrons. The number of esters is 1. The summed E-state index contributed by atoms with van der Waals surface area (Å²) in [4.78, 5) is 42.8. The molecule has 0 unspecified atom stereocenters. The zero-order valence-electron chi connectivity index (χ0n) is 20.4. The monoisotopic (exact) mass is 539 g/mol. The van der Waals surface area contributed by atoms with Crippen LogP contribution in [0.25, 0.3) is 0 Å². The maximum absolute atomic E-state index is 13.6. The van der Waals surface area contributed by atoms with E-state index < -0.39 is 17.8 Å². The lowest BCUT2D eigenvalue weighted by molar-refractivity contribution is -0.124. The van der Waals surface area contributed by atoms with Crippen LogP contribution in [-0.2, 0) is 20.7 Å². The fraction of sp³-hybridized carbons (Fsp3) is 0.259. The van der Waals surface area contributed by atoms with Crippen molar-refractivity contribution in [3.8, 4) is 0 Å². The number of halogens is 1. The van der Waals surface area contributed by atoms with E-state index in [1.165, 1.54) is 39.6 Å². The number of anilines is 2. The van der Waals surface area contributed by atoms with Crippen molar-refractivity contribution >= 4 is 57.8 Å². The highest BCUT2D eigenvalue weighted by molar-refractivity contribution is 7.80. The van der Waals surface area contributed by atoms with Crippen molar-refractivity contribution in [3.05, 3.63) is 81.8 Å².